The number of piperidine rings is 1. The van der Waals surface area contributed by atoms with Crippen LogP contribution >= 0.6 is 0 Å². The minimum Gasteiger partial charge on any atom is -0.466 e. The van der Waals surface area contributed by atoms with Gasteiger partial charge in [0.05, 0.1) is 12.5 Å². The van der Waals surface area contributed by atoms with E-state index in [0.29, 0.717) is 25.5 Å². The molecule has 2 rings (SSSR count). The molecule has 0 spiro atoms. The lowest BCUT2D eigenvalue weighted by Crippen LogP contribution is -2.42. The highest BCUT2D eigenvalue weighted by atomic mass is 16.5. The molecule has 0 radical (unpaired) electrons. The van der Waals surface area contributed by atoms with Crippen LogP contribution in [0.15, 0.2) is 16.5 Å². The topological polar surface area (TPSA) is 59.8 Å². The van der Waals surface area contributed by atoms with Gasteiger partial charge in [0.25, 0.3) is 5.91 Å². The Morgan fingerprint density at radius 1 is 1.40 bits per heavy atom. The van der Waals surface area contributed by atoms with E-state index in [-0.39, 0.29) is 17.8 Å². The van der Waals surface area contributed by atoms with Crippen molar-refractivity contribution >= 4 is 11.9 Å². The van der Waals surface area contributed by atoms with E-state index in [0.717, 1.165) is 25.0 Å². The summed E-state index contributed by atoms with van der Waals surface area (Å²) in [6.07, 6.45) is 2.36. The number of carbonyl (C=O) groups is 2. The number of ether oxygens (including phenoxy) is 1. The maximum absolute atomic E-state index is 12.3. The Hall–Kier alpha value is -1.78. The molecule has 0 unspecified atom stereocenters. The van der Waals surface area contributed by atoms with Crippen LogP contribution in [0.4, 0.5) is 0 Å². The van der Waals surface area contributed by atoms with Gasteiger partial charge in [-0.3, -0.25) is 9.59 Å². The number of amides is 1. The molecule has 1 aliphatic rings. The monoisotopic (exact) mass is 279 g/mol. The molecule has 1 aromatic heterocycles. The smallest absolute Gasteiger partial charge is 0.310 e. The summed E-state index contributed by atoms with van der Waals surface area (Å²) in [5.74, 6) is 0.587. The van der Waals surface area contributed by atoms with Gasteiger partial charge in [0.1, 0.15) is 5.76 Å². The normalized spacial score (nSPS) is 18.9. The van der Waals surface area contributed by atoms with Crippen molar-refractivity contribution in [1.82, 2.24) is 4.90 Å². The molecule has 5 nitrogen and oxygen atoms in total. The standard InChI is InChI=1S/C15H21NO4/c1-3-12-7-8-13(20-12)14(17)16-9-5-6-11(10-16)15(18)19-4-2/h7-8,11H,3-6,9-10H2,1-2H3/t11-/m0/s1. The van der Waals surface area contributed by atoms with Gasteiger partial charge in [-0.2, -0.15) is 0 Å². The fourth-order valence-corrected chi connectivity index (χ4v) is 2.45. The molecular formula is C15H21NO4. The number of rotatable bonds is 4. The summed E-state index contributed by atoms with van der Waals surface area (Å²) in [7, 11) is 0. The van der Waals surface area contributed by atoms with Crippen LogP contribution in [-0.4, -0.2) is 36.5 Å². The second kappa shape index (κ2) is 6.59. The van der Waals surface area contributed by atoms with Crippen LogP contribution < -0.4 is 0 Å². The largest absolute Gasteiger partial charge is 0.466 e. The summed E-state index contributed by atoms with van der Waals surface area (Å²) in [5.41, 5.74) is 0. The van der Waals surface area contributed by atoms with Crippen molar-refractivity contribution in [2.75, 3.05) is 19.7 Å². The number of carbonyl (C=O) groups excluding carboxylic acids is 2. The Kier molecular flexibility index (Phi) is 4.82. The molecule has 1 atom stereocenters. The number of hydrogen-bond acceptors (Lipinski definition) is 4. The van der Waals surface area contributed by atoms with Crippen LogP contribution in [0.2, 0.25) is 0 Å². The zero-order valence-corrected chi connectivity index (χ0v) is 12.1. The Balaban J connectivity index is 2.01. The number of furan rings is 1. The summed E-state index contributed by atoms with van der Waals surface area (Å²) < 4.78 is 10.5. The third kappa shape index (κ3) is 3.21. The van der Waals surface area contributed by atoms with Gasteiger partial charge >= 0.3 is 5.97 Å². The molecule has 1 amide bonds. The van der Waals surface area contributed by atoms with Crippen LogP contribution in [0.1, 0.15) is 43.0 Å². The first-order valence-electron chi connectivity index (χ1n) is 7.20. The van der Waals surface area contributed by atoms with Gasteiger partial charge in [0.2, 0.25) is 0 Å². The number of esters is 1. The van der Waals surface area contributed by atoms with Crippen LogP contribution in [0.3, 0.4) is 0 Å². The number of likely N-dealkylation sites (tertiary alicyclic amines) is 1. The first-order valence-corrected chi connectivity index (χ1v) is 7.20. The van der Waals surface area contributed by atoms with E-state index < -0.39 is 0 Å². The lowest BCUT2D eigenvalue weighted by molar-refractivity contribution is -0.149. The molecular weight excluding hydrogens is 258 g/mol. The van der Waals surface area contributed by atoms with E-state index in [1.165, 1.54) is 0 Å². The Morgan fingerprint density at radius 3 is 2.85 bits per heavy atom. The second-order valence-electron chi connectivity index (χ2n) is 4.96. The summed E-state index contributed by atoms with van der Waals surface area (Å²) in [4.78, 5) is 25.8. The summed E-state index contributed by atoms with van der Waals surface area (Å²) in [5, 5.41) is 0. The van der Waals surface area contributed by atoms with Crippen molar-refractivity contribution in [3.63, 3.8) is 0 Å². The van der Waals surface area contributed by atoms with Crippen LogP contribution in [-0.2, 0) is 16.0 Å². The van der Waals surface area contributed by atoms with Gasteiger partial charge in [-0.05, 0) is 31.9 Å². The van der Waals surface area contributed by atoms with E-state index in [4.69, 9.17) is 9.15 Å². The summed E-state index contributed by atoms with van der Waals surface area (Å²) in [6.45, 7) is 5.22. The predicted molar refractivity (Wildman–Crippen MR) is 73.3 cm³/mol. The molecule has 2 heterocycles. The SMILES string of the molecule is CCOC(=O)[C@H]1CCCN(C(=O)c2ccc(CC)o2)C1. The molecule has 0 aromatic carbocycles. The quantitative estimate of drug-likeness (QED) is 0.793. The van der Waals surface area contributed by atoms with E-state index in [1.807, 2.05) is 13.0 Å². The molecule has 0 N–H and O–H groups in total. The fourth-order valence-electron chi connectivity index (χ4n) is 2.45. The minimum absolute atomic E-state index is 0.140. The Bertz CT molecular complexity index is 480. The van der Waals surface area contributed by atoms with Crippen LogP contribution in [0.25, 0.3) is 0 Å². The van der Waals surface area contributed by atoms with Gasteiger partial charge in [-0.25, -0.2) is 0 Å². The number of nitrogens with zero attached hydrogens (tertiary/aromatic N) is 1. The second-order valence-corrected chi connectivity index (χ2v) is 4.96. The highest BCUT2D eigenvalue weighted by molar-refractivity contribution is 5.92. The van der Waals surface area contributed by atoms with Gasteiger partial charge in [-0.15, -0.1) is 0 Å². The number of aryl methyl sites for hydroxylation is 1. The molecule has 0 bridgehead atoms. The molecule has 1 aliphatic heterocycles. The van der Waals surface area contributed by atoms with E-state index in [9.17, 15) is 9.59 Å². The first kappa shape index (κ1) is 14.6. The van der Waals surface area contributed by atoms with Crippen molar-refractivity contribution in [2.24, 2.45) is 5.92 Å². The first-order chi connectivity index (χ1) is 9.65. The van der Waals surface area contributed by atoms with Gasteiger partial charge in [0, 0.05) is 19.5 Å². The molecule has 1 saturated heterocycles. The predicted octanol–water partition coefficient (Wildman–Crippen LogP) is 2.26. The molecule has 0 saturated carbocycles. The zero-order valence-electron chi connectivity index (χ0n) is 12.1. The highest BCUT2D eigenvalue weighted by Crippen LogP contribution is 2.20. The van der Waals surface area contributed by atoms with Crippen molar-refractivity contribution in [1.29, 1.82) is 0 Å². The minimum atomic E-state index is -0.215. The molecule has 1 aromatic rings. The average Bonchev–Trinajstić information content (AvgIpc) is 2.96. The third-order valence-electron chi connectivity index (χ3n) is 3.55. The van der Waals surface area contributed by atoms with E-state index in [2.05, 4.69) is 0 Å². The van der Waals surface area contributed by atoms with Gasteiger partial charge in [-0.1, -0.05) is 6.92 Å². The highest BCUT2D eigenvalue weighted by Gasteiger charge is 2.30. The summed E-state index contributed by atoms with van der Waals surface area (Å²) >= 11 is 0. The van der Waals surface area contributed by atoms with Crippen molar-refractivity contribution < 1.29 is 18.7 Å². The zero-order chi connectivity index (χ0) is 14.5. The molecule has 5 heteroatoms. The maximum Gasteiger partial charge on any atom is 0.310 e. The average molecular weight is 279 g/mol. The number of hydrogen-bond donors (Lipinski definition) is 0. The lowest BCUT2D eigenvalue weighted by Gasteiger charge is -2.30. The lowest BCUT2D eigenvalue weighted by atomic mass is 9.98. The molecule has 110 valence electrons. The summed E-state index contributed by atoms with van der Waals surface area (Å²) in [6, 6.07) is 3.52. The van der Waals surface area contributed by atoms with Crippen molar-refractivity contribution in [3.05, 3.63) is 23.7 Å². The van der Waals surface area contributed by atoms with Gasteiger partial charge < -0.3 is 14.1 Å². The third-order valence-corrected chi connectivity index (χ3v) is 3.55. The van der Waals surface area contributed by atoms with Crippen LogP contribution in [0.5, 0.6) is 0 Å². The van der Waals surface area contributed by atoms with Crippen molar-refractivity contribution in [3.8, 4) is 0 Å². The Morgan fingerprint density at radius 2 is 2.20 bits per heavy atom. The van der Waals surface area contributed by atoms with Crippen molar-refractivity contribution in [2.45, 2.75) is 33.1 Å². The van der Waals surface area contributed by atoms with Gasteiger partial charge in [0.15, 0.2) is 5.76 Å². The fraction of sp³-hybridized carbons (Fsp3) is 0.600. The van der Waals surface area contributed by atoms with Crippen LogP contribution in [0, 0.1) is 5.92 Å². The molecule has 0 aliphatic carbocycles. The molecule has 20 heavy (non-hydrogen) atoms. The maximum atomic E-state index is 12.3. The Labute approximate surface area is 118 Å². The van der Waals surface area contributed by atoms with E-state index >= 15 is 0 Å². The molecule has 1 fully saturated rings. The van der Waals surface area contributed by atoms with E-state index in [1.54, 1.807) is 17.9 Å².